The van der Waals surface area contributed by atoms with Crippen LogP contribution in [0.15, 0.2) is 36.4 Å². The lowest BCUT2D eigenvalue weighted by atomic mass is 9.97. The van der Waals surface area contributed by atoms with Gasteiger partial charge in [-0.1, -0.05) is 30.2 Å². The predicted octanol–water partition coefficient (Wildman–Crippen LogP) is 3.47. The molecule has 0 aliphatic carbocycles. The highest BCUT2D eigenvalue weighted by molar-refractivity contribution is 6.30. The van der Waals surface area contributed by atoms with Crippen molar-refractivity contribution in [1.82, 2.24) is 25.6 Å². The molecule has 1 fully saturated rings. The molecule has 3 heterocycles. The van der Waals surface area contributed by atoms with E-state index in [1.54, 1.807) is 6.07 Å². The third kappa shape index (κ3) is 4.43. The molecule has 4 rings (SSSR count). The van der Waals surface area contributed by atoms with Gasteiger partial charge < -0.3 is 25.7 Å². The largest absolute Gasteiger partial charge is 0.390 e. The van der Waals surface area contributed by atoms with Crippen molar-refractivity contribution in [2.75, 3.05) is 6.54 Å². The number of halogens is 1. The van der Waals surface area contributed by atoms with Crippen LogP contribution in [0.2, 0.25) is 5.02 Å². The van der Waals surface area contributed by atoms with Gasteiger partial charge in [0.15, 0.2) is 0 Å². The number of hydrogen-bond acceptors (Lipinski definition) is 4. The van der Waals surface area contributed by atoms with Crippen LogP contribution in [0.25, 0.3) is 11.3 Å². The fourth-order valence-electron chi connectivity index (χ4n) is 3.89. The van der Waals surface area contributed by atoms with Gasteiger partial charge in [-0.3, -0.25) is 4.79 Å². The first kappa shape index (κ1) is 20.7. The minimum absolute atomic E-state index is 0.0745. The van der Waals surface area contributed by atoms with Crippen molar-refractivity contribution in [3.63, 3.8) is 0 Å². The van der Waals surface area contributed by atoms with Crippen LogP contribution in [-0.4, -0.2) is 38.6 Å². The number of aryl methyl sites for hydroxylation is 1. The molecular formula is C22H26ClN5O2. The summed E-state index contributed by atoms with van der Waals surface area (Å²) < 4.78 is 0. The normalized spacial score (nSPS) is 17.6. The summed E-state index contributed by atoms with van der Waals surface area (Å²) in [4.78, 5) is 24.0. The van der Waals surface area contributed by atoms with Gasteiger partial charge in [-0.2, -0.15) is 0 Å². The number of H-pyrrole nitrogens is 2. The van der Waals surface area contributed by atoms with Gasteiger partial charge in [0.1, 0.15) is 17.6 Å². The fourth-order valence-corrected chi connectivity index (χ4v) is 4.02. The number of aromatic nitrogens is 3. The molecule has 5 N–H and O–H groups in total. The zero-order chi connectivity index (χ0) is 21.1. The van der Waals surface area contributed by atoms with Gasteiger partial charge in [0.05, 0.1) is 12.3 Å². The van der Waals surface area contributed by atoms with Gasteiger partial charge in [0, 0.05) is 22.5 Å². The number of piperidine rings is 1. The first-order chi connectivity index (χ1) is 14.5. The Kier molecular flexibility index (Phi) is 6.22. The zero-order valence-electron chi connectivity index (χ0n) is 16.8. The van der Waals surface area contributed by atoms with Crippen molar-refractivity contribution in [2.45, 2.75) is 44.9 Å². The number of aliphatic hydroxyl groups is 1. The summed E-state index contributed by atoms with van der Waals surface area (Å²) in [6.07, 6.45) is 3.16. The topological polar surface area (TPSA) is 106 Å². The van der Waals surface area contributed by atoms with Gasteiger partial charge in [-0.05, 0) is 56.1 Å². The summed E-state index contributed by atoms with van der Waals surface area (Å²) >= 11 is 5.96. The summed E-state index contributed by atoms with van der Waals surface area (Å²) in [5.41, 5.74) is 3.70. The van der Waals surface area contributed by atoms with Gasteiger partial charge in [0.25, 0.3) is 5.91 Å². The Morgan fingerprint density at radius 3 is 2.70 bits per heavy atom. The third-order valence-corrected chi connectivity index (χ3v) is 5.82. The number of benzene rings is 1. The van der Waals surface area contributed by atoms with E-state index in [4.69, 9.17) is 11.6 Å². The van der Waals surface area contributed by atoms with Crippen LogP contribution in [0, 0.1) is 6.92 Å². The molecule has 0 spiro atoms. The number of aromatic amines is 2. The average molecular weight is 428 g/mol. The maximum atomic E-state index is 13.0. The molecule has 7 nitrogen and oxygen atoms in total. The average Bonchev–Trinajstić information content (AvgIpc) is 3.40. The van der Waals surface area contributed by atoms with E-state index in [2.05, 4.69) is 25.6 Å². The molecule has 1 saturated heterocycles. The van der Waals surface area contributed by atoms with E-state index >= 15 is 0 Å². The number of amides is 1. The highest BCUT2D eigenvalue weighted by Gasteiger charge is 2.30. The van der Waals surface area contributed by atoms with Crippen LogP contribution in [-0.2, 0) is 6.61 Å². The van der Waals surface area contributed by atoms with Crippen LogP contribution >= 0.6 is 11.6 Å². The minimum Gasteiger partial charge on any atom is -0.390 e. The molecule has 2 atom stereocenters. The molecule has 1 aliphatic heterocycles. The molecule has 2 unspecified atom stereocenters. The number of nitrogens with zero attached hydrogens (tertiary/aromatic N) is 1. The lowest BCUT2D eigenvalue weighted by molar-refractivity contribution is 0.0916. The van der Waals surface area contributed by atoms with E-state index in [0.717, 1.165) is 42.8 Å². The Balaban J connectivity index is 1.56. The molecule has 158 valence electrons. The number of nitrogens with one attached hydrogen (secondary N) is 4. The number of hydrogen-bond donors (Lipinski definition) is 5. The quantitative estimate of drug-likeness (QED) is 0.415. The van der Waals surface area contributed by atoms with Gasteiger partial charge >= 0.3 is 0 Å². The molecule has 1 aromatic carbocycles. The molecule has 3 aromatic rings. The van der Waals surface area contributed by atoms with E-state index in [-0.39, 0.29) is 24.6 Å². The molecule has 1 amide bonds. The Hall–Kier alpha value is -2.61. The maximum absolute atomic E-state index is 13.0. The highest BCUT2D eigenvalue weighted by Crippen LogP contribution is 2.24. The van der Waals surface area contributed by atoms with Crippen LogP contribution in [0.4, 0.5) is 0 Å². The van der Waals surface area contributed by atoms with E-state index in [0.29, 0.717) is 22.2 Å². The number of rotatable bonds is 6. The molecule has 0 radical (unpaired) electrons. The summed E-state index contributed by atoms with van der Waals surface area (Å²) in [6, 6.07) is 10.9. The molecule has 0 bridgehead atoms. The second-order valence-corrected chi connectivity index (χ2v) is 8.09. The van der Waals surface area contributed by atoms with Gasteiger partial charge in [0.2, 0.25) is 0 Å². The second kappa shape index (κ2) is 9.04. The van der Waals surface area contributed by atoms with Crippen LogP contribution in [0.5, 0.6) is 0 Å². The van der Waals surface area contributed by atoms with Crippen LogP contribution < -0.4 is 10.6 Å². The van der Waals surface area contributed by atoms with Crippen molar-refractivity contribution >= 4 is 17.5 Å². The van der Waals surface area contributed by atoms with Crippen molar-refractivity contribution in [3.8, 4) is 11.3 Å². The lowest BCUT2D eigenvalue weighted by Crippen LogP contribution is -2.46. The summed E-state index contributed by atoms with van der Waals surface area (Å²) in [7, 11) is 0. The molecular weight excluding hydrogens is 402 g/mol. The third-order valence-electron chi connectivity index (χ3n) is 5.57. The fraction of sp³-hybridized carbons (Fsp3) is 0.364. The molecule has 8 heteroatoms. The first-order valence-corrected chi connectivity index (χ1v) is 10.6. The van der Waals surface area contributed by atoms with Crippen molar-refractivity contribution in [2.24, 2.45) is 0 Å². The predicted molar refractivity (Wildman–Crippen MR) is 116 cm³/mol. The Labute approximate surface area is 180 Å². The van der Waals surface area contributed by atoms with Gasteiger partial charge in [-0.25, -0.2) is 4.98 Å². The summed E-state index contributed by atoms with van der Waals surface area (Å²) in [5.74, 6) is 0.459. The number of aliphatic hydroxyl groups excluding tert-OH is 1. The van der Waals surface area contributed by atoms with E-state index in [1.807, 2.05) is 37.3 Å². The lowest BCUT2D eigenvalue weighted by Gasteiger charge is -2.30. The molecule has 0 saturated carbocycles. The van der Waals surface area contributed by atoms with Gasteiger partial charge in [-0.15, -0.1) is 0 Å². The van der Waals surface area contributed by atoms with Crippen molar-refractivity contribution in [1.29, 1.82) is 0 Å². The van der Waals surface area contributed by atoms with Crippen molar-refractivity contribution < 1.29 is 9.90 Å². The number of imidazole rings is 1. The number of carbonyl (C=O) groups excluding carboxylic acids is 1. The van der Waals surface area contributed by atoms with Crippen molar-refractivity contribution in [3.05, 3.63) is 64.3 Å². The Morgan fingerprint density at radius 2 is 2.03 bits per heavy atom. The van der Waals surface area contributed by atoms with E-state index in [9.17, 15) is 9.90 Å². The zero-order valence-corrected chi connectivity index (χ0v) is 17.6. The summed E-state index contributed by atoms with van der Waals surface area (Å²) in [6.45, 7) is 2.65. The monoisotopic (exact) mass is 427 g/mol. The standard InChI is InChI=1S/C22H26ClN5O2/c1-13-19(12-29)27-21(25-13)20(17-4-2-3-11-24-17)28-22(30)18-10-9-16(26-18)14-5-7-15(23)8-6-14/h5-10,17,20,24,26,29H,2-4,11-12H2,1H3,(H,25,27)(H,28,30). The smallest absolute Gasteiger partial charge is 0.268 e. The summed E-state index contributed by atoms with van der Waals surface area (Å²) in [5, 5.41) is 16.8. The minimum atomic E-state index is -0.320. The molecule has 1 aliphatic rings. The maximum Gasteiger partial charge on any atom is 0.268 e. The second-order valence-electron chi connectivity index (χ2n) is 7.65. The van der Waals surface area contributed by atoms with Crippen LogP contribution in [0.1, 0.15) is 53.0 Å². The SMILES string of the molecule is Cc1[nH]c(C(NC(=O)c2ccc(-c3ccc(Cl)cc3)[nH]2)C2CCCCN2)nc1CO. The highest BCUT2D eigenvalue weighted by atomic mass is 35.5. The molecule has 2 aromatic heterocycles. The Morgan fingerprint density at radius 1 is 1.23 bits per heavy atom. The van der Waals surface area contributed by atoms with E-state index in [1.165, 1.54) is 0 Å². The molecule has 30 heavy (non-hydrogen) atoms. The van der Waals surface area contributed by atoms with E-state index < -0.39 is 0 Å². The van der Waals surface area contributed by atoms with Crippen LogP contribution in [0.3, 0.4) is 0 Å². The first-order valence-electron chi connectivity index (χ1n) is 10.2. The Bertz CT molecular complexity index is 1000. The number of carbonyl (C=O) groups is 1.